The zero-order valence-electron chi connectivity index (χ0n) is 9.30. The van der Waals surface area contributed by atoms with Crippen LogP contribution in [-0.4, -0.2) is 20.8 Å². The van der Waals surface area contributed by atoms with Gasteiger partial charge in [-0.25, -0.2) is 0 Å². The van der Waals surface area contributed by atoms with Crippen LogP contribution >= 0.6 is 0 Å². The van der Waals surface area contributed by atoms with Gasteiger partial charge in [-0.2, -0.15) is 0 Å². The molecule has 0 spiro atoms. The van der Waals surface area contributed by atoms with Crippen LogP contribution in [0.5, 0.6) is 0 Å². The van der Waals surface area contributed by atoms with E-state index in [1.165, 1.54) is 0 Å². The second-order valence-corrected chi connectivity index (χ2v) is 6.80. The average Bonchev–Trinajstić information content (AvgIpc) is 2.02. The van der Waals surface area contributed by atoms with Gasteiger partial charge in [0.2, 0.25) is 0 Å². The molecule has 0 heterocycles. The first kappa shape index (κ1) is 13.1. The minimum absolute atomic E-state index is 0.0731. The highest BCUT2D eigenvalue weighted by molar-refractivity contribution is 7.86. The topological polar surface area (TPSA) is 43.1 Å². The summed E-state index contributed by atoms with van der Waals surface area (Å²) >= 11 is 0. The molecule has 80 valence electrons. The van der Waals surface area contributed by atoms with E-state index in [1.54, 1.807) is 0 Å². The molecule has 0 saturated carbocycles. The molecular weight excluding hydrogens is 182 g/mol. The van der Waals surface area contributed by atoms with E-state index in [0.29, 0.717) is 0 Å². The fourth-order valence-corrected chi connectivity index (χ4v) is 2.03. The maximum absolute atomic E-state index is 11.6. The van der Waals surface area contributed by atoms with Crippen molar-refractivity contribution in [3.8, 4) is 0 Å². The lowest BCUT2D eigenvalue weighted by molar-refractivity contribution is 0.582. The first-order valence-electron chi connectivity index (χ1n) is 5.02. The van der Waals surface area contributed by atoms with Crippen LogP contribution in [-0.2, 0) is 10.8 Å². The van der Waals surface area contributed by atoms with Crippen molar-refractivity contribution in [1.82, 2.24) is 0 Å². The first-order chi connectivity index (χ1) is 5.88. The molecule has 0 aromatic heterocycles. The van der Waals surface area contributed by atoms with Crippen molar-refractivity contribution in [3.05, 3.63) is 0 Å². The summed E-state index contributed by atoms with van der Waals surface area (Å²) in [6.45, 7) is 8.14. The summed E-state index contributed by atoms with van der Waals surface area (Å²) in [7, 11) is -0.711. The quantitative estimate of drug-likeness (QED) is 0.746. The van der Waals surface area contributed by atoms with Crippen molar-refractivity contribution < 1.29 is 4.21 Å². The third kappa shape index (κ3) is 6.22. The molecule has 0 radical (unpaired) electrons. The van der Waals surface area contributed by atoms with Gasteiger partial charge in [0.1, 0.15) is 0 Å². The molecule has 0 rings (SSSR count). The van der Waals surface area contributed by atoms with Gasteiger partial charge in [-0.05, 0) is 40.0 Å². The van der Waals surface area contributed by atoms with Crippen molar-refractivity contribution in [2.24, 2.45) is 5.73 Å². The Morgan fingerprint density at radius 3 is 2.31 bits per heavy atom. The molecular formula is C10H23NOS. The van der Waals surface area contributed by atoms with Gasteiger partial charge in [0.25, 0.3) is 0 Å². The van der Waals surface area contributed by atoms with E-state index < -0.39 is 10.8 Å². The Labute approximate surface area is 84.7 Å². The van der Waals surface area contributed by atoms with Crippen LogP contribution in [0.4, 0.5) is 0 Å². The summed E-state index contributed by atoms with van der Waals surface area (Å²) in [6.07, 6.45) is 3.00. The maximum atomic E-state index is 11.6. The van der Waals surface area contributed by atoms with Crippen LogP contribution in [0, 0.1) is 0 Å². The molecule has 2 unspecified atom stereocenters. The molecule has 0 saturated heterocycles. The van der Waals surface area contributed by atoms with Gasteiger partial charge in [0.05, 0.1) is 0 Å². The fraction of sp³-hybridized carbons (Fsp3) is 1.00. The lowest BCUT2D eigenvalue weighted by Crippen LogP contribution is -2.25. The summed E-state index contributed by atoms with van der Waals surface area (Å²) in [5, 5.41) is 0. The highest BCUT2D eigenvalue weighted by Crippen LogP contribution is 2.13. The van der Waals surface area contributed by atoms with Gasteiger partial charge in [0.15, 0.2) is 0 Å². The van der Waals surface area contributed by atoms with Crippen LogP contribution in [0.15, 0.2) is 0 Å². The Balaban J connectivity index is 3.60. The second-order valence-electron chi connectivity index (χ2n) is 4.47. The molecule has 2 nitrogen and oxygen atoms in total. The van der Waals surface area contributed by atoms with Gasteiger partial charge in [-0.3, -0.25) is 4.21 Å². The van der Waals surface area contributed by atoms with Crippen LogP contribution in [0.25, 0.3) is 0 Å². The molecule has 13 heavy (non-hydrogen) atoms. The van der Waals surface area contributed by atoms with Gasteiger partial charge < -0.3 is 5.73 Å². The minimum atomic E-state index is -0.711. The van der Waals surface area contributed by atoms with E-state index in [9.17, 15) is 4.21 Å². The van der Waals surface area contributed by atoms with E-state index in [-0.39, 0.29) is 10.8 Å². The third-order valence-electron chi connectivity index (χ3n) is 2.11. The number of rotatable bonds is 5. The normalized spacial score (nSPS) is 17.0. The largest absolute Gasteiger partial charge is 0.328 e. The van der Waals surface area contributed by atoms with Crippen molar-refractivity contribution in [2.75, 3.05) is 5.75 Å². The second kappa shape index (κ2) is 5.76. The molecule has 2 N–H and O–H groups in total. The van der Waals surface area contributed by atoms with E-state index >= 15 is 0 Å². The van der Waals surface area contributed by atoms with E-state index in [0.717, 1.165) is 25.0 Å². The first-order valence-corrected chi connectivity index (χ1v) is 6.34. The molecule has 0 aliphatic rings. The van der Waals surface area contributed by atoms with Crippen molar-refractivity contribution in [3.63, 3.8) is 0 Å². The van der Waals surface area contributed by atoms with Crippen molar-refractivity contribution in [1.29, 1.82) is 0 Å². The maximum Gasteiger partial charge on any atom is 0.0375 e. The lowest BCUT2D eigenvalue weighted by atomic mass is 10.1. The molecule has 0 amide bonds. The van der Waals surface area contributed by atoms with Crippen LogP contribution in [0.1, 0.15) is 47.0 Å². The summed E-state index contributed by atoms with van der Waals surface area (Å²) in [5.41, 5.74) is 5.77. The van der Waals surface area contributed by atoms with Crippen LogP contribution in [0.3, 0.4) is 0 Å². The van der Waals surface area contributed by atoms with Crippen LogP contribution < -0.4 is 5.73 Å². The van der Waals surface area contributed by atoms with Crippen LogP contribution in [0.2, 0.25) is 0 Å². The SMILES string of the molecule is CCC(N)CCCS(=O)C(C)(C)C. The Morgan fingerprint density at radius 2 is 1.92 bits per heavy atom. The molecule has 0 aliphatic heterocycles. The highest BCUT2D eigenvalue weighted by Gasteiger charge is 2.18. The zero-order chi connectivity index (χ0) is 10.5. The predicted octanol–water partition coefficient (Wildman–Crippen LogP) is 2.05. The van der Waals surface area contributed by atoms with Crippen molar-refractivity contribution >= 4 is 10.8 Å². The molecule has 2 atom stereocenters. The average molecular weight is 205 g/mol. The minimum Gasteiger partial charge on any atom is -0.328 e. The summed E-state index contributed by atoms with van der Waals surface area (Å²) in [6, 6.07) is 0.289. The smallest absolute Gasteiger partial charge is 0.0375 e. The molecule has 0 aliphatic carbocycles. The molecule has 0 bridgehead atoms. The standard InChI is InChI=1S/C10H23NOS/c1-5-9(11)7-6-8-13(12)10(2,3)4/h9H,5-8,11H2,1-4H3. The third-order valence-corrected chi connectivity index (χ3v) is 4.14. The van der Waals surface area contributed by atoms with Gasteiger partial charge in [0, 0.05) is 27.3 Å². The predicted molar refractivity (Wildman–Crippen MR) is 60.3 cm³/mol. The number of hydrogen-bond donors (Lipinski definition) is 1. The van der Waals surface area contributed by atoms with E-state index in [1.807, 2.05) is 20.8 Å². The lowest BCUT2D eigenvalue weighted by Gasteiger charge is -2.18. The van der Waals surface area contributed by atoms with E-state index in [4.69, 9.17) is 5.73 Å². The monoisotopic (exact) mass is 205 g/mol. The Hall–Kier alpha value is 0.110. The summed E-state index contributed by atoms with van der Waals surface area (Å²) in [5.74, 6) is 0.789. The Morgan fingerprint density at radius 1 is 1.38 bits per heavy atom. The molecule has 0 aromatic rings. The summed E-state index contributed by atoms with van der Waals surface area (Å²) in [4.78, 5) is 0. The molecule has 0 aromatic carbocycles. The van der Waals surface area contributed by atoms with Gasteiger partial charge >= 0.3 is 0 Å². The molecule has 3 heteroatoms. The van der Waals surface area contributed by atoms with Gasteiger partial charge in [-0.1, -0.05) is 6.92 Å². The van der Waals surface area contributed by atoms with E-state index in [2.05, 4.69) is 6.92 Å². The van der Waals surface area contributed by atoms with Crippen molar-refractivity contribution in [2.45, 2.75) is 57.7 Å². The Bertz CT molecular complexity index is 163. The zero-order valence-corrected chi connectivity index (χ0v) is 10.1. The Kier molecular flexibility index (Phi) is 5.81. The highest BCUT2D eigenvalue weighted by atomic mass is 32.2. The summed E-state index contributed by atoms with van der Waals surface area (Å²) < 4.78 is 11.5. The fourth-order valence-electron chi connectivity index (χ4n) is 0.987. The van der Waals surface area contributed by atoms with Gasteiger partial charge in [-0.15, -0.1) is 0 Å². The number of hydrogen-bond acceptors (Lipinski definition) is 2. The number of nitrogens with two attached hydrogens (primary N) is 1. The molecule has 0 fully saturated rings.